The van der Waals surface area contributed by atoms with Gasteiger partial charge in [-0.2, -0.15) is 0 Å². The molecule has 3 nitrogen and oxygen atoms in total. The molecule has 2 rings (SSSR count). The molecule has 2 N–H and O–H groups in total. The van der Waals surface area contributed by atoms with E-state index in [0.29, 0.717) is 0 Å². The van der Waals surface area contributed by atoms with E-state index in [4.69, 9.17) is 0 Å². The maximum atomic E-state index is 9.48. The van der Waals surface area contributed by atoms with Crippen LogP contribution >= 0.6 is 0 Å². The van der Waals surface area contributed by atoms with Crippen molar-refractivity contribution in [2.75, 3.05) is 24.5 Å². The Kier molecular flexibility index (Phi) is 3.80. The number of anilines is 1. The van der Waals surface area contributed by atoms with Crippen molar-refractivity contribution in [3.63, 3.8) is 0 Å². The van der Waals surface area contributed by atoms with Gasteiger partial charge in [-0.3, -0.25) is 0 Å². The minimum Gasteiger partial charge on any atom is -0.391 e. The van der Waals surface area contributed by atoms with E-state index in [9.17, 15) is 5.11 Å². The molecule has 1 heterocycles. The van der Waals surface area contributed by atoms with Gasteiger partial charge in [-0.25, -0.2) is 0 Å². The highest BCUT2D eigenvalue weighted by molar-refractivity contribution is 5.48. The summed E-state index contributed by atoms with van der Waals surface area (Å²) in [7, 11) is 0. The minimum absolute atomic E-state index is 0.151. The average molecular weight is 220 g/mol. The molecule has 88 valence electrons. The molecule has 0 saturated carbocycles. The predicted molar refractivity (Wildman–Crippen MR) is 66.7 cm³/mol. The van der Waals surface area contributed by atoms with E-state index >= 15 is 0 Å². The smallest absolute Gasteiger partial charge is 0.0731 e. The maximum absolute atomic E-state index is 9.48. The lowest BCUT2D eigenvalue weighted by Gasteiger charge is -2.18. The summed E-state index contributed by atoms with van der Waals surface area (Å²) < 4.78 is 0. The summed E-state index contributed by atoms with van der Waals surface area (Å²) in [6, 6.07) is 8.60. The van der Waals surface area contributed by atoms with Gasteiger partial charge in [0.1, 0.15) is 0 Å². The van der Waals surface area contributed by atoms with Gasteiger partial charge in [0.15, 0.2) is 0 Å². The van der Waals surface area contributed by atoms with Gasteiger partial charge >= 0.3 is 0 Å². The highest BCUT2D eigenvalue weighted by atomic mass is 16.3. The Bertz CT molecular complexity index is 323. The van der Waals surface area contributed by atoms with Crippen LogP contribution in [0.1, 0.15) is 18.9 Å². The Labute approximate surface area is 97.1 Å². The number of benzene rings is 1. The van der Waals surface area contributed by atoms with E-state index in [1.165, 1.54) is 11.3 Å². The summed E-state index contributed by atoms with van der Waals surface area (Å²) >= 11 is 0. The number of hydrogen-bond acceptors (Lipinski definition) is 3. The summed E-state index contributed by atoms with van der Waals surface area (Å²) in [4.78, 5) is 2.24. The molecule has 0 aliphatic carbocycles. The SMILES string of the molecule is CCNCc1ccc(N2CCC(O)C2)cc1. The van der Waals surface area contributed by atoms with Crippen LogP contribution in [0, 0.1) is 0 Å². The van der Waals surface area contributed by atoms with E-state index < -0.39 is 0 Å². The van der Waals surface area contributed by atoms with Crippen molar-refractivity contribution in [1.29, 1.82) is 0 Å². The maximum Gasteiger partial charge on any atom is 0.0731 e. The molecule has 16 heavy (non-hydrogen) atoms. The van der Waals surface area contributed by atoms with Gasteiger partial charge < -0.3 is 15.3 Å². The quantitative estimate of drug-likeness (QED) is 0.804. The summed E-state index contributed by atoms with van der Waals surface area (Å²) in [6.45, 7) is 5.78. The van der Waals surface area contributed by atoms with E-state index in [1.807, 2.05) is 0 Å². The molecule has 1 atom stereocenters. The zero-order valence-electron chi connectivity index (χ0n) is 9.82. The van der Waals surface area contributed by atoms with Crippen molar-refractivity contribution in [3.05, 3.63) is 29.8 Å². The summed E-state index contributed by atoms with van der Waals surface area (Å²) in [6.07, 6.45) is 0.737. The summed E-state index contributed by atoms with van der Waals surface area (Å²) in [5.74, 6) is 0. The number of aliphatic hydroxyl groups excluding tert-OH is 1. The number of rotatable bonds is 4. The molecule has 0 radical (unpaired) electrons. The lowest BCUT2D eigenvalue weighted by atomic mass is 10.2. The molecule has 1 fully saturated rings. The molecule has 1 saturated heterocycles. The van der Waals surface area contributed by atoms with Crippen LogP contribution in [0.4, 0.5) is 5.69 Å². The Morgan fingerprint density at radius 1 is 1.38 bits per heavy atom. The Morgan fingerprint density at radius 2 is 2.12 bits per heavy atom. The van der Waals surface area contributed by atoms with E-state index in [-0.39, 0.29) is 6.10 Å². The number of nitrogens with one attached hydrogen (secondary N) is 1. The third-order valence-electron chi connectivity index (χ3n) is 3.04. The standard InChI is InChI=1S/C13H20N2O/c1-2-14-9-11-3-5-12(6-4-11)15-8-7-13(16)10-15/h3-6,13-14,16H,2,7-10H2,1H3. The first-order chi connectivity index (χ1) is 7.79. The van der Waals surface area contributed by atoms with Crippen molar-refractivity contribution in [2.24, 2.45) is 0 Å². The fraction of sp³-hybridized carbons (Fsp3) is 0.538. The first kappa shape index (κ1) is 11.4. The highest BCUT2D eigenvalue weighted by Gasteiger charge is 2.19. The molecule has 0 aromatic heterocycles. The average Bonchev–Trinajstić information content (AvgIpc) is 2.74. The predicted octanol–water partition coefficient (Wildman–Crippen LogP) is 1.37. The van der Waals surface area contributed by atoms with Crippen LogP contribution in [0.3, 0.4) is 0 Å². The third-order valence-corrected chi connectivity index (χ3v) is 3.04. The van der Waals surface area contributed by atoms with Crippen molar-refractivity contribution in [1.82, 2.24) is 5.32 Å². The van der Waals surface area contributed by atoms with Gasteiger partial charge in [-0.1, -0.05) is 19.1 Å². The number of nitrogens with zero attached hydrogens (tertiary/aromatic N) is 1. The summed E-state index contributed by atoms with van der Waals surface area (Å²) in [5, 5.41) is 12.8. The molecule has 0 spiro atoms. The van der Waals surface area contributed by atoms with Crippen LogP contribution in [0.2, 0.25) is 0 Å². The molecule has 1 aromatic carbocycles. The van der Waals surface area contributed by atoms with Gasteiger partial charge in [-0.15, -0.1) is 0 Å². The largest absolute Gasteiger partial charge is 0.391 e. The number of hydrogen-bond donors (Lipinski definition) is 2. The molecule has 1 aromatic rings. The Balaban J connectivity index is 1.96. The lowest BCUT2D eigenvalue weighted by Crippen LogP contribution is -2.21. The molecular formula is C13H20N2O. The highest BCUT2D eigenvalue weighted by Crippen LogP contribution is 2.20. The van der Waals surface area contributed by atoms with Crippen LogP contribution in [0.25, 0.3) is 0 Å². The van der Waals surface area contributed by atoms with Crippen LogP contribution in [0.15, 0.2) is 24.3 Å². The van der Waals surface area contributed by atoms with Crippen molar-refractivity contribution >= 4 is 5.69 Å². The molecule has 1 aliphatic rings. The van der Waals surface area contributed by atoms with Gasteiger partial charge in [-0.05, 0) is 30.7 Å². The molecular weight excluding hydrogens is 200 g/mol. The topological polar surface area (TPSA) is 35.5 Å². The summed E-state index contributed by atoms with van der Waals surface area (Å²) in [5.41, 5.74) is 2.53. The first-order valence-electron chi connectivity index (χ1n) is 6.02. The lowest BCUT2D eigenvalue weighted by molar-refractivity contribution is 0.198. The van der Waals surface area contributed by atoms with Crippen LogP contribution in [0.5, 0.6) is 0 Å². The second-order valence-corrected chi connectivity index (χ2v) is 4.34. The zero-order chi connectivity index (χ0) is 11.4. The number of aliphatic hydroxyl groups is 1. The zero-order valence-corrected chi connectivity index (χ0v) is 9.82. The minimum atomic E-state index is -0.151. The normalized spacial score (nSPS) is 20.4. The number of β-amino-alcohol motifs (C(OH)–C–C–N with tert-alkyl or cyclic N) is 1. The van der Waals surface area contributed by atoms with Crippen LogP contribution < -0.4 is 10.2 Å². The molecule has 1 unspecified atom stereocenters. The van der Waals surface area contributed by atoms with Gasteiger partial charge in [0.25, 0.3) is 0 Å². The molecule has 0 bridgehead atoms. The fourth-order valence-electron chi connectivity index (χ4n) is 2.07. The van der Waals surface area contributed by atoms with E-state index in [2.05, 4.69) is 41.4 Å². The third kappa shape index (κ3) is 2.74. The van der Waals surface area contributed by atoms with Gasteiger partial charge in [0.2, 0.25) is 0 Å². The molecule has 1 aliphatic heterocycles. The first-order valence-corrected chi connectivity index (χ1v) is 6.02. The second-order valence-electron chi connectivity index (χ2n) is 4.34. The second kappa shape index (κ2) is 5.32. The Morgan fingerprint density at radius 3 is 2.69 bits per heavy atom. The van der Waals surface area contributed by atoms with Crippen molar-refractivity contribution in [2.45, 2.75) is 26.0 Å². The molecule has 3 heteroatoms. The Hall–Kier alpha value is -1.06. The van der Waals surface area contributed by atoms with Crippen LogP contribution in [-0.4, -0.2) is 30.8 Å². The monoisotopic (exact) mass is 220 g/mol. The van der Waals surface area contributed by atoms with Gasteiger partial charge in [0.05, 0.1) is 6.10 Å². The van der Waals surface area contributed by atoms with E-state index in [0.717, 1.165) is 32.6 Å². The van der Waals surface area contributed by atoms with Crippen LogP contribution in [-0.2, 0) is 6.54 Å². The van der Waals surface area contributed by atoms with E-state index in [1.54, 1.807) is 0 Å². The van der Waals surface area contributed by atoms with Crippen molar-refractivity contribution in [3.8, 4) is 0 Å². The van der Waals surface area contributed by atoms with Crippen molar-refractivity contribution < 1.29 is 5.11 Å². The van der Waals surface area contributed by atoms with Gasteiger partial charge in [0, 0.05) is 25.3 Å². The fourth-order valence-corrected chi connectivity index (χ4v) is 2.07. The molecule has 0 amide bonds.